The average Bonchev–Trinajstić information content (AvgIpc) is 2.75. The van der Waals surface area contributed by atoms with Gasteiger partial charge in [0.15, 0.2) is 0 Å². The van der Waals surface area contributed by atoms with Crippen molar-refractivity contribution in [3.8, 4) is 6.07 Å². The fourth-order valence-corrected chi connectivity index (χ4v) is 6.76. The lowest BCUT2D eigenvalue weighted by Crippen LogP contribution is -2.63. The molecule has 1 unspecified atom stereocenters. The van der Waals surface area contributed by atoms with Crippen LogP contribution in [0.4, 0.5) is 4.79 Å². The van der Waals surface area contributed by atoms with Crippen LogP contribution in [0.1, 0.15) is 44.1 Å². The molecule has 2 aromatic carbocycles. The molecule has 0 aromatic heterocycles. The van der Waals surface area contributed by atoms with Crippen LogP contribution in [-0.2, 0) is 11.2 Å². The molecule has 32 heavy (non-hydrogen) atoms. The lowest BCUT2D eigenvalue weighted by molar-refractivity contribution is -0.122. The van der Waals surface area contributed by atoms with Crippen molar-refractivity contribution in [1.82, 2.24) is 16.0 Å². The van der Waals surface area contributed by atoms with Crippen molar-refractivity contribution in [3.63, 3.8) is 0 Å². The summed E-state index contributed by atoms with van der Waals surface area (Å²) in [6, 6.07) is 15.1. The third kappa shape index (κ3) is 4.29. The molecule has 3 amide bonds. The van der Waals surface area contributed by atoms with Gasteiger partial charge in [-0.15, -0.1) is 0 Å². The van der Waals surface area contributed by atoms with Crippen molar-refractivity contribution in [1.29, 1.82) is 5.26 Å². The van der Waals surface area contributed by atoms with Crippen LogP contribution in [-0.4, -0.2) is 30.1 Å². The molecule has 4 bridgehead atoms. The van der Waals surface area contributed by atoms with E-state index in [9.17, 15) is 9.59 Å². The summed E-state index contributed by atoms with van der Waals surface area (Å²) in [5.74, 6) is 1.86. The van der Waals surface area contributed by atoms with E-state index in [1.807, 2.05) is 42.5 Å². The van der Waals surface area contributed by atoms with Gasteiger partial charge in [0.25, 0.3) is 0 Å². The van der Waals surface area contributed by atoms with Crippen LogP contribution in [0.2, 0.25) is 0 Å². The highest BCUT2D eigenvalue weighted by Crippen LogP contribution is 2.55. The first-order chi connectivity index (χ1) is 15.5. The largest absolute Gasteiger partial charge is 0.341 e. The number of nitrogens with one attached hydrogen (secondary N) is 3. The van der Waals surface area contributed by atoms with Gasteiger partial charge in [0.05, 0.1) is 6.07 Å². The summed E-state index contributed by atoms with van der Waals surface area (Å²) >= 11 is 0. The maximum atomic E-state index is 13.1. The van der Waals surface area contributed by atoms with Crippen LogP contribution < -0.4 is 16.0 Å². The van der Waals surface area contributed by atoms with E-state index in [0.29, 0.717) is 6.42 Å². The second-order valence-electron chi connectivity index (χ2n) is 10.1. The minimum Gasteiger partial charge on any atom is -0.341 e. The Hall–Kier alpha value is -3.07. The third-order valence-corrected chi connectivity index (χ3v) is 7.63. The van der Waals surface area contributed by atoms with Gasteiger partial charge in [-0.25, -0.2) is 4.79 Å². The molecule has 1 atom stereocenters. The van der Waals surface area contributed by atoms with Crippen LogP contribution >= 0.6 is 0 Å². The molecule has 0 spiro atoms. The summed E-state index contributed by atoms with van der Waals surface area (Å²) in [6.07, 6.45) is 7.47. The molecule has 3 N–H and O–H groups in total. The van der Waals surface area contributed by atoms with E-state index < -0.39 is 6.04 Å². The van der Waals surface area contributed by atoms with Crippen molar-refractivity contribution < 1.29 is 9.59 Å². The van der Waals surface area contributed by atoms with E-state index in [1.54, 1.807) is 0 Å². The Morgan fingerprint density at radius 3 is 2.31 bits per heavy atom. The molecule has 0 heterocycles. The molecular weight excluding hydrogens is 400 g/mol. The van der Waals surface area contributed by atoms with Crippen LogP contribution in [0.5, 0.6) is 0 Å². The number of nitriles is 1. The molecule has 4 aliphatic rings. The van der Waals surface area contributed by atoms with Crippen LogP contribution in [0.3, 0.4) is 0 Å². The van der Waals surface area contributed by atoms with Gasteiger partial charge >= 0.3 is 6.03 Å². The van der Waals surface area contributed by atoms with Gasteiger partial charge in [-0.1, -0.05) is 42.5 Å². The van der Waals surface area contributed by atoms with E-state index in [-0.39, 0.29) is 24.0 Å². The number of fused-ring (bicyclic) bond motifs is 1. The second kappa shape index (κ2) is 8.46. The van der Waals surface area contributed by atoms with E-state index >= 15 is 0 Å². The normalized spacial score (nSPS) is 28.7. The number of carbonyl (C=O) groups is 2. The predicted molar refractivity (Wildman–Crippen MR) is 123 cm³/mol. The molecule has 6 rings (SSSR count). The molecule has 0 aliphatic heterocycles. The number of nitrogens with zero attached hydrogens (tertiary/aromatic N) is 1. The summed E-state index contributed by atoms with van der Waals surface area (Å²) in [7, 11) is 0. The fourth-order valence-electron chi connectivity index (χ4n) is 6.76. The quantitative estimate of drug-likeness (QED) is 0.611. The first-order valence-electron chi connectivity index (χ1n) is 11.7. The van der Waals surface area contributed by atoms with Crippen molar-refractivity contribution in [2.24, 2.45) is 17.8 Å². The number of urea groups is 1. The Bertz CT molecular complexity index is 1040. The molecule has 4 fully saturated rings. The zero-order valence-electron chi connectivity index (χ0n) is 18.3. The molecule has 166 valence electrons. The minimum absolute atomic E-state index is 0.0780. The second-order valence-corrected chi connectivity index (χ2v) is 10.1. The van der Waals surface area contributed by atoms with E-state index in [1.165, 1.54) is 19.3 Å². The smallest absolute Gasteiger partial charge is 0.315 e. The first-order valence-corrected chi connectivity index (χ1v) is 11.7. The SMILES string of the molecule is N#CCNC(=O)C(Cc1ccc2ccccc2c1)NC(=O)NC12CC3CC(CC(C3)C1)C2. The fraction of sp³-hybridized carbons (Fsp3) is 0.500. The van der Waals surface area contributed by atoms with Crippen molar-refractivity contribution in [2.45, 2.75) is 56.5 Å². The van der Waals surface area contributed by atoms with Gasteiger partial charge in [0.2, 0.25) is 5.91 Å². The standard InChI is InChI=1S/C26H30N4O2/c27-7-8-28-24(31)23(13-17-5-6-21-3-1-2-4-22(21)12-17)29-25(32)30-26-14-18-9-19(15-26)11-20(10-18)16-26/h1-6,12,18-20,23H,8-11,13-16H2,(H,28,31)(H2,29,30,32). The molecule has 0 radical (unpaired) electrons. The molecular formula is C26H30N4O2. The van der Waals surface area contributed by atoms with E-state index in [0.717, 1.165) is 53.4 Å². The Balaban J connectivity index is 1.29. The topological polar surface area (TPSA) is 94.0 Å². The Morgan fingerprint density at radius 2 is 1.66 bits per heavy atom. The first kappa shape index (κ1) is 20.8. The lowest BCUT2D eigenvalue weighted by Gasteiger charge is -2.56. The number of carbonyl (C=O) groups excluding carboxylic acids is 2. The maximum absolute atomic E-state index is 13.1. The zero-order chi connectivity index (χ0) is 22.1. The number of rotatable bonds is 6. The maximum Gasteiger partial charge on any atom is 0.315 e. The highest BCUT2D eigenvalue weighted by Gasteiger charge is 2.51. The molecule has 2 aromatic rings. The van der Waals surface area contributed by atoms with Gasteiger partial charge in [-0.3, -0.25) is 4.79 Å². The molecule has 0 saturated heterocycles. The Labute approximate surface area is 188 Å². The highest BCUT2D eigenvalue weighted by molar-refractivity contribution is 5.88. The minimum atomic E-state index is -0.738. The Morgan fingerprint density at radius 1 is 1.00 bits per heavy atom. The monoisotopic (exact) mass is 430 g/mol. The number of amides is 3. The molecule has 4 aliphatic carbocycles. The van der Waals surface area contributed by atoms with E-state index in [4.69, 9.17) is 5.26 Å². The predicted octanol–water partition coefficient (Wildman–Crippen LogP) is 3.66. The zero-order valence-corrected chi connectivity index (χ0v) is 18.3. The van der Waals surface area contributed by atoms with E-state index in [2.05, 4.69) is 22.0 Å². The third-order valence-electron chi connectivity index (χ3n) is 7.63. The van der Waals surface area contributed by atoms with Gasteiger partial charge in [-0.2, -0.15) is 5.26 Å². The summed E-state index contributed by atoms with van der Waals surface area (Å²) < 4.78 is 0. The molecule has 4 saturated carbocycles. The van der Waals surface area contributed by atoms with Crippen molar-refractivity contribution in [2.75, 3.05) is 6.54 Å². The van der Waals surface area contributed by atoms with Gasteiger partial charge in [0.1, 0.15) is 12.6 Å². The van der Waals surface area contributed by atoms with Gasteiger partial charge in [-0.05, 0) is 72.6 Å². The van der Waals surface area contributed by atoms with Crippen LogP contribution in [0.25, 0.3) is 10.8 Å². The number of hydrogen-bond acceptors (Lipinski definition) is 3. The van der Waals surface area contributed by atoms with Crippen molar-refractivity contribution >= 4 is 22.7 Å². The summed E-state index contributed by atoms with van der Waals surface area (Å²) in [5, 5.41) is 19.9. The lowest BCUT2D eigenvalue weighted by atomic mass is 9.53. The van der Waals surface area contributed by atoms with Crippen molar-refractivity contribution in [3.05, 3.63) is 48.0 Å². The van der Waals surface area contributed by atoms with Gasteiger partial charge < -0.3 is 16.0 Å². The van der Waals surface area contributed by atoms with Gasteiger partial charge in [0, 0.05) is 12.0 Å². The summed E-state index contributed by atoms with van der Waals surface area (Å²) in [5.41, 5.74) is 0.853. The number of benzene rings is 2. The molecule has 6 nitrogen and oxygen atoms in total. The summed E-state index contributed by atoms with van der Waals surface area (Å²) in [4.78, 5) is 25.8. The van der Waals surface area contributed by atoms with Crippen LogP contribution in [0.15, 0.2) is 42.5 Å². The number of hydrogen-bond donors (Lipinski definition) is 3. The molecule has 6 heteroatoms. The average molecular weight is 431 g/mol. The summed E-state index contributed by atoms with van der Waals surface area (Å²) in [6.45, 7) is -0.0780. The highest BCUT2D eigenvalue weighted by atomic mass is 16.2. The van der Waals surface area contributed by atoms with Crippen LogP contribution in [0, 0.1) is 29.1 Å². The Kier molecular flexibility index (Phi) is 5.50.